The van der Waals surface area contributed by atoms with Crippen molar-refractivity contribution in [1.82, 2.24) is 5.43 Å². The van der Waals surface area contributed by atoms with Crippen molar-refractivity contribution in [3.63, 3.8) is 0 Å². The van der Waals surface area contributed by atoms with E-state index >= 15 is 0 Å². The fraction of sp³-hybridized carbons (Fsp3) is 0.160. The Morgan fingerprint density at radius 3 is 2.34 bits per heavy atom. The van der Waals surface area contributed by atoms with Gasteiger partial charge in [0.25, 0.3) is 0 Å². The van der Waals surface area contributed by atoms with Crippen LogP contribution >= 0.6 is 15.9 Å². The molecule has 9 nitrogen and oxygen atoms in total. The van der Waals surface area contributed by atoms with Crippen molar-refractivity contribution in [2.75, 3.05) is 26.6 Å². The molecule has 0 bridgehead atoms. The van der Waals surface area contributed by atoms with Crippen molar-refractivity contribution >= 4 is 39.6 Å². The Kier molecular flexibility index (Phi) is 9.08. The van der Waals surface area contributed by atoms with E-state index in [4.69, 9.17) is 18.9 Å². The molecule has 0 fully saturated rings. The fourth-order valence-electron chi connectivity index (χ4n) is 2.99. The van der Waals surface area contributed by atoms with E-state index in [1.165, 1.54) is 27.5 Å². The summed E-state index contributed by atoms with van der Waals surface area (Å²) in [5.41, 5.74) is 4.10. The van der Waals surface area contributed by atoms with Crippen LogP contribution in [0.15, 0.2) is 70.2 Å². The minimum absolute atomic E-state index is 0.288. The van der Waals surface area contributed by atoms with Gasteiger partial charge in [0, 0.05) is 6.07 Å². The molecular weight excluding hydrogens is 518 g/mol. The minimum atomic E-state index is -0.958. The van der Waals surface area contributed by atoms with Crippen LogP contribution in [0.25, 0.3) is 0 Å². The van der Waals surface area contributed by atoms with Gasteiger partial charge in [-0.3, -0.25) is 9.59 Å². The first kappa shape index (κ1) is 25.6. The molecular formula is C25H24BrN3O6. The molecule has 2 N–H and O–H groups in total. The summed E-state index contributed by atoms with van der Waals surface area (Å²) < 4.78 is 22.3. The van der Waals surface area contributed by atoms with Crippen LogP contribution in [-0.4, -0.2) is 39.4 Å². The largest absolute Gasteiger partial charge is 0.497 e. The highest BCUT2D eigenvalue weighted by atomic mass is 79.9. The Labute approximate surface area is 211 Å². The number of nitrogens with one attached hydrogen (secondary N) is 2. The van der Waals surface area contributed by atoms with Crippen molar-refractivity contribution in [2.45, 2.75) is 6.61 Å². The molecule has 0 aromatic heterocycles. The number of rotatable bonds is 9. The van der Waals surface area contributed by atoms with Crippen LogP contribution in [-0.2, 0) is 16.2 Å². The number of carbonyl (C=O) groups is 2. The molecule has 0 saturated carbocycles. The predicted molar refractivity (Wildman–Crippen MR) is 135 cm³/mol. The van der Waals surface area contributed by atoms with E-state index < -0.39 is 11.8 Å². The molecule has 2 amide bonds. The molecule has 182 valence electrons. The number of anilines is 1. The van der Waals surface area contributed by atoms with Gasteiger partial charge in [-0.05, 0) is 51.3 Å². The number of nitrogens with zero attached hydrogens (tertiary/aromatic N) is 1. The van der Waals surface area contributed by atoms with Gasteiger partial charge in [0.15, 0.2) is 11.5 Å². The summed E-state index contributed by atoms with van der Waals surface area (Å²) in [6.07, 6.45) is 1.38. The maximum atomic E-state index is 12.3. The third-order valence-corrected chi connectivity index (χ3v) is 5.31. The van der Waals surface area contributed by atoms with Crippen LogP contribution < -0.4 is 29.7 Å². The van der Waals surface area contributed by atoms with Gasteiger partial charge in [-0.1, -0.05) is 30.3 Å². The number of methoxy groups -OCH3 is 3. The summed E-state index contributed by atoms with van der Waals surface area (Å²) >= 11 is 3.48. The molecule has 0 heterocycles. The monoisotopic (exact) mass is 541 g/mol. The second-order valence-corrected chi connectivity index (χ2v) is 7.88. The van der Waals surface area contributed by atoms with Gasteiger partial charge in [0.05, 0.1) is 37.7 Å². The third kappa shape index (κ3) is 6.97. The first-order chi connectivity index (χ1) is 16.9. The van der Waals surface area contributed by atoms with Gasteiger partial charge in [-0.15, -0.1) is 0 Å². The third-order valence-electron chi connectivity index (χ3n) is 4.72. The van der Waals surface area contributed by atoms with Crippen LogP contribution in [0, 0.1) is 0 Å². The van der Waals surface area contributed by atoms with Gasteiger partial charge in [0.1, 0.15) is 18.1 Å². The van der Waals surface area contributed by atoms with Crippen LogP contribution in [0.3, 0.4) is 0 Å². The van der Waals surface area contributed by atoms with Gasteiger partial charge in [0.2, 0.25) is 0 Å². The standard InChI is InChI=1S/C25H24BrN3O6/c1-32-18-9-10-21(33-2)20(13-18)28-24(30)25(31)29-27-14-17-11-19(26)23(22(12-17)34-3)35-15-16-7-5-4-6-8-16/h4-14H,15H2,1-3H3,(H,28,30)(H,29,31). The Morgan fingerprint density at radius 2 is 1.66 bits per heavy atom. The second-order valence-electron chi connectivity index (χ2n) is 7.03. The zero-order valence-electron chi connectivity index (χ0n) is 19.3. The van der Waals surface area contributed by atoms with Crippen LogP contribution in [0.2, 0.25) is 0 Å². The molecule has 0 saturated heterocycles. The Balaban J connectivity index is 1.63. The lowest BCUT2D eigenvalue weighted by Gasteiger charge is -2.13. The van der Waals surface area contributed by atoms with Crippen LogP contribution in [0.1, 0.15) is 11.1 Å². The fourth-order valence-corrected chi connectivity index (χ4v) is 3.57. The first-order valence-corrected chi connectivity index (χ1v) is 11.1. The highest BCUT2D eigenvalue weighted by molar-refractivity contribution is 9.10. The van der Waals surface area contributed by atoms with Crippen molar-refractivity contribution in [2.24, 2.45) is 5.10 Å². The maximum absolute atomic E-state index is 12.3. The summed E-state index contributed by atoms with van der Waals surface area (Å²) in [5, 5.41) is 6.33. The van der Waals surface area contributed by atoms with E-state index in [0.717, 1.165) is 5.56 Å². The van der Waals surface area contributed by atoms with Gasteiger partial charge >= 0.3 is 11.8 Å². The summed E-state index contributed by atoms with van der Waals surface area (Å²) in [5.74, 6) is 0.00408. The molecule has 10 heteroatoms. The number of ether oxygens (including phenoxy) is 4. The van der Waals surface area contributed by atoms with Crippen molar-refractivity contribution < 1.29 is 28.5 Å². The number of hydrogen-bond donors (Lipinski definition) is 2. The van der Waals surface area contributed by atoms with Gasteiger partial charge in [-0.2, -0.15) is 5.10 Å². The normalized spacial score (nSPS) is 10.5. The zero-order chi connectivity index (χ0) is 25.2. The van der Waals surface area contributed by atoms with Crippen molar-refractivity contribution in [3.8, 4) is 23.0 Å². The highest BCUT2D eigenvalue weighted by Crippen LogP contribution is 2.37. The van der Waals surface area contributed by atoms with Crippen LogP contribution in [0.4, 0.5) is 5.69 Å². The van der Waals surface area contributed by atoms with Gasteiger partial charge in [-0.25, -0.2) is 5.43 Å². The Hall–Kier alpha value is -4.05. The minimum Gasteiger partial charge on any atom is -0.497 e. The average molecular weight is 542 g/mol. The zero-order valence-corrected chi connectivity index (χ0v) is 20.9. The number of halogens is 1. The Morgan fingerprint density at radius 1 is 0.914 bits per heavy atom. The molecule has 0 aliphatic carbocycles. The molecule has 0 unspecified atom stereocenters. The SMILES string of the molecule is COc1ccc(OC)c(NC(=O)C(=O)NN=Cc2cc(Br)c(OCc3ccccc3)c(OC)c2)c1. The lowest BCUT2D eigenvalue weighted by molar-refractivity contribution is -0.136. The number of benzene rings is 3. The Bertz CT molecular complexity index is 1220. The van der Waals surface area contributed by atoms with Crippen molar-refractivity contribution in [3.05, 3.63) is 76.3 Å². The second kappa shape index (κ2) is 12.4. The number of hydrazone groups is 1. The summed E-state index contributed by atoms with van der Waals surface area (Å²) in [6.45, 7) is 0.368. The van der Waals surface area contributed by atoms with Crippen molar-refractivity contribution in [1.29, 1.82) is 0 Å². The molecule has 0 aliphatic rings. The lowest BCUT2D eigenvalue weighted by Crippen LogP contribution is -2.32. The van der Waals surface area contributed by atoms with E-state index in [0.29, 0.717) is 39.6 Å². The molecule has 3 aromatic carbocycles. The van der Waals surface area contributed by atoms with E-state index in [1.54, 1.807) is 30.3 Å². The molecule has 0 atom stereocenters. The first-order valence-electron chi connectivity index (χ1n) is 10.4. The molecule has 35 heavy (non-hydrogen) atoms. The van der Waals surface area contributed by atoms with Gasteiger partial charge < -0.3 is 24.3 Å². The predicted octanol–water partition coefficient (Wildman–Crippen LogP) is 4.14. The average Bonchev–Trinajstić information content (AvgIpc) is 2.88. The number of hydrogen-bond acceptors (Lipinski definition) is 7. The van der Waals surface area contributed by atoms with Crippen LogP contribution in [0.5, 0.6) is 23.0 Å². The molecule has 3 aromatic rings. The summed E-state index contributed by atoms with van der Waals surface area (Å²) in [6, 6.07) is 18.0. The maximum Gasteiger partial charge on any atom is 0.329 e. The molecule has 3 rings (SSSR count). The van der Waals surface area contributed by atoms with E-state index in [1.807, 2.05) is 30.3 Å². The van der Waals surface area contributed by atoms with E-state index in [2.05, 4.69) is 31.8 Å². The van der Waals surface area contributed by atoms with E-state index in [9.17, 15) is 9.59 Å². The quantitative estimate of drug-likeness (QED) is 0.239. The molecule has 0 radical (unpaired) electrons. The summed E-state index contributed by atoms with van der Waals surface area (Å²) in [7, 11) is 4.47. The van der Waals surface area contributed by atoms with E-state index in [-0.39, 0.29) is 5.69 Å². The lowest BCUT2D eigenvalue weighted by atomic mass is 10.2. The molecule has 0 spiro atoms. The number of amides is 2. The molecule has 0 aliphatic heterocycles. The number of carbonyl (C=O) groups excluding carboxylic acids is 2. The highest BCUT2D eigenvalue weighted by Gasteiger charge is 2.16. The smallest absolute Gasteiger partial charge is 0.329 e. The summed E-state index contributed by atoms with van der Waals surface area (Å²) in [4.78, 5) is 24.5. The topological polar surface area (TPSA) is 107 Å².